The predicted octanol–water partition coefficient (Wildman–Crippen LogP) is 3.07. The average molecular weight is 277 g/mol. The molecule has 1 unspecified atom stereocenters. The van der Waals surface area contributed by atoms with Crippen LogP contribution in [0.4, 0.5) is 0 Å². The molecular weight excluding hydrogens is 254 g/mol. The lowest BCUT2D eigenvalue weighted by atomic mass is 10.0. The van der Waals surface area contributed by atoms with Gasteiger partial charge in [0.15, 0.2) is 5.75 Å². The van der Waals surface area contributed by atoms with Crippen LogP contribution in [0.25, 0.3) is 0 Å². The molecule has 5 nitrogen and oxygen atoms in total. The van der Waals surface area contributed by atoms with Crippen LogP contribution in [0.1, 0.15) is 49.9 Å². The van der Waals surface area contributed by atoms with E-state index in [1.165, 1.54) is 0 Å². The SMILES string of the molecule is CCNC(c1ccoc1C)c1c(OC)cnn1C(C)C. The third kappa shape index (κ3) is 2.58. The summed E-state index contributed by atoms with van der Waals surface area (Å²) in [4.78, 5) is 0. The van der Waals surface area contributed by atoms with Crippen LogP contribution < -0.4 is 10.1 Å². The van der Waals surface area contributed by atoms with E-state index >= 15 is 0 Å². The lowest BCUT2D eigenvalue weighted by Gasteiger charge is -2.22. The highest BCUT2D eigenvalue weighted by Gasteiger charge is 2.26. The van der Waals surface area contributed by atoms with Gasteiger partial charge in [0.2, 0.25) is 0 Å². The van der Waals surface area contributed by atoms with Crippen molar-refractivity contribution < 1.29 is 9.15 Å². The highest BCUT2D eigenvalue weighted by atomic mass is 16.5. The first-order chi connectivity index (χ1) is 9.60. The Kier molecular flexibility index (Phi) is 4.49. The zero-order chi connectivity index (χ0) is 14.7. The van der Waals surface area contributed by atoms with Gasteiger partial charge in [-0.2, -0.15) is 5.10 Å². The molecule has 0 aromatic carbocycles. The van der Waals surface area contributed by atoms with Crippen molar-refractivity contribution in [2.75, 3.05) is 13.7 Å². The molecule has 2 rings (SSSR count). The smallest absolute Gasteiger partial charge is 0.161 e. The van der Waals surface area contributed by atoms with Gasteiger partial charge in [-0.3, -0.25) is 4.68 Å². The Morgan fingerprint density at radius 1 is 1.45 bits per heavy atom. The van der Waals surface area contributed by atoms with Crippen molar-refractivity contribution in [1.82, 2.24) is 15.1 Å². The van der Waals surface area contributed by atoms with Crippen molar-refractivity contribution in [3.8, 4) is 5.75 Å². The van der Waals surface area contributed by atoms with E-state index in [1.54, 1.807) is 19.6 Å². The van der Waals surface area contributed by atoms with Gasteiger partial charge in [-0.1, -0.05) is 6.92 Å². The van der Waals surface area contributed by atoms with Crippen molar-refractivity contribution in [1.29, 1.82) is 0 Å². The fourth-order valence-corrected chi connectivity index (χ4v) is 2.45. The molecule has 0 amide bonds. The molecule has 1 atom stereocenters. The maximum Gasteiger partial charge on any atom is 0.161 e. The van der Waals surface area contributed by atoms with E-state index in [0.29, 0.717) is 0 Å². The van der Waals surface area contributed by atoms with Crippen molar-refractivity contribution in [2.45, 2.75) is 39.8 Å². The molecule has 2 aromatic heterocycles. The lowest BCUT2D eigenvalue weighted by molar-refractivity contribution is 0.393. The summed E-state index contributed by atoms with van der Waals surface area (Å²) in [5.41, 5.74) is 2.15. The maximum absolute atomic E-state index is 5.49. The third-order valence-electron chi connectivity index (χ3n) is 3.40. The number of nitrogens with one attached hydrogen (secondary N) is 1. The minimum Gasteiger partial charge on any atom is -0.493 e. The van der Waals surface area contributed by atoms with Crippen LogP contribution in [0.15, 0.2) is 22.9 Å². The Morgan fingerprint density at radius 3 is 2.70 bits per heavy atom. The Morgan fingerprint density at radius 2 is 2.20 bits per heavy atom. The monoisotopic (exact) mass is 277 g/mol. The van der Waals surface area contributed by atoms with Crippen LogP contribution >= 0.6 is 0 Å². The van der Waals surface area contributed by atoms with Gasteiger partial charge in [0.1, 0.15) is 11.5 Å². The Labute approximate surface area is 119 Å². The van der Waals surface area contributed by atoms with E-state index in [1.807, 2.05) is 17.7 Å². The molecule has 0 aliphatic heterocycles. The first kappa shape index (κ1) is 14.7. The van der Waals surface area contributed by atoms with Gasteiger partial charge in [-0.05, 0) is 33.4 Å². The van der Waals surface area contributed by atoms with Gasteiger partial charge >= 0.3 is 0 Å². The van der Waals surface area contributed by atoms with E-state index in [9.17, 15) is 0 Å². The van der Waals surface area contributed by atoms with Crippen LogP contribution in [0.2, 0.25) is 0 Å². The highest BCUT2D eigenvalue weighted by Crippen LogP contribution is 2.33. The molecule has 0 radical (unpaired) electrons. The molecule has 0 bridgehead atoms. The van der Waals surface area contributed by atoms with Gasteiger partial charge in [0.25, 0.3) is 0 Å². The Bertz CT molecular complexity index is 557. The van der Waals surface area contributed by atoms with Gasteiger partial charge in [-0.25, -0.2) is 0 Å². The van der Waals surface area contributed by atoms with Crippen molar-refractivity contribution in [2.24, 2.45) is 0 Å². The fourth-order valence-electron chi connectivity index (χ4n) is 2.45. The zero-order valence-corrected chi connectivity index (χ0v) is 12.8. The number of aromatic nitrogens is 2. The maximum atomic E-state index is 5.49. The predicted molar refractivity (Wildman–Crippen MR) is 78.1 cm³/mol. The molecule has 0 aliphatic rings. The second-order valence-corrected chi connectivity index (χ2v) is 5.06. The number of ether oxygens (including phenoxy) is 1. The fraction of sp³-hybridized carbons (Fsp3) is 0.533. The van der Waals surface area contributed by atoms with Crippen LogP contribution in [0, 0.1) is 6.92 Å². The number of nitrogens with zero attached hydrogens (tertiary/aromatic N) is 2. The number of furan rings is 1. The minimum atomic E-state index is 0.0126. The average Bonchev–Trinajstić information content (AvgIpc) is 3.02. The molecule has 0 saturated heterocycles. The van der Waals surface area contributed by atoms with Crippen LogP contribution in [-0.4, -0.2) is 23.4 Å². The Balaban J connectivity index is 2.54. The normalized spacial score (nSPS) is 12.9. The lowest BCUT2D eigenvalue weighted by Crippen LogP contribution is -2.26. The van der Waals surface area contributed by atoms with Gasteiger partial charge < -0.3 is 14.5 Å². The topological polar surface area (TPSA) is 52.2 Å². The number of methoxy groups -OCH3 is 1. The van der Waals surface area contributed by atoms with Crippen LogP contribution in [0.3, 0.4) is 0 Å². The number of hydrogen-bond acceptors (Lipinski definition) is 4. The molecule has 0 spiro atoms. The third-order valence-corrected chi connectivity index (χ3v) is 3.40. The summed E-state index contributed by atoms with van der Waals surface area (Å²) in [6.07, 6.45) is 3.49. The van der Waals surface area contributed by atoms with Crippen LogP contribution in [-0.2, 0) is 0 Å². The van der Waals surface area contributed by atoms with Crippen molar-refractivity contribution in [3.63, 3.8) is 0 Å². The molecule has 0 fully saturated rings. The second-order valence-electron chi connectivity index (χ2n) is 5.06. The first-order valence-electron chi connectivity index (χ1n) is 6.98. The standard InChI is InChI=1S/C15H23N3O2/c1-6-16-14(12-7-8-20-11(12)4)15-13(19-5)9-17-18(15)10(2)3/h7-10,14,16H,6H2,1-5H3. The summed E-state index contributed by atoms with van der Waals surface area (Å²) in [5.74, 6) is 1.71. The summed E-state index contributed by atoms with van der Waals surface area (Å²) >= 11 is 0. The van der Waals surface area contributed by atoms with Crippen molar-refractivity contribution >= 4 is 0 Å². The second kappa shape index (κ2) is 6.13. The van der Waals surface area contributed by atoms with Gasteiger partial charge in [-0.15, -0.1) is 0 Å². The van der Waals surface area contributed by atoms with Crippen molar-refractivity contribution in [3.05, 3.63) is 35.5 Å². The zero-order valence-electron chi connectivity index (χ0n) is 12.8. The molecule has 0 aliphatic carbocycles. The van der Waals surface area contributed by atoms with Gasteiger partial charge in [0.05, 0.1) is 25.6 Å². The molecule has 1 N–H and O–H groups in total. The quantitative estimate of drug-likeness (QED) is 0.881. The molecule has 0 saturated carbocycles. The minimum absolute atomic E-state index is 0.0126. The summed E-state index contributed by atoms with van der Waals surface area (Å²) in [7, 11) is 1.68. The molecular formula is C15H23N3O2. The molecule has 2 heterocycles. The molecule has 2 aromatic rings. The van der Waals surface area contributed by atoms with Gasteiger partial charge in [0, 0.05) is 11.6 Å². The first-order valence-corrected chi connectivity index (χ1v) is 6.98. The molecule has 110 valence electrons. The van der Waals surface area contributed by atoms with Crippen LogP contribution in [0.5, 0.6) is 5.75 Å². The number of aryl methyl sites for hydroxylation is 1. The Hall–Kier alpha value is -1.75. The van der Waals surface area contributed by atoms with E-state index < -0.39 is 0 Å². The van der Waals surface area contributed by atoms with E-state index in [4.69, 9.17) is 9.15 Å². The number of hydrogen-bond donors (Lipinski definition) is 1. The number of rotatable bonds is 6. The largest absolute Gasteiger partial charge is 0.493 e. The summed E-state index contributed by atoms with van der Waals surface area (Å²) in [5, 5.41) is 7.95. The molecule has 5 heteroatoms. The highest BCUT2D eigenvalue weighted by molar-refractivity contribution is 5.37. The molecule has 20 heavy (non-hydrogen) atoms. The van der Waals surface area contributed by atoms with E-state index in [-0.39, 0.29) is 12.1 Å². The summed E-state index contributed by atoms with van der Waals surface area (Å²) in [6, 6.07) is 2.28. The van der Waals surface area contributed by atoms with E-state index in [0.717, 1.165) is 29.3 Å². The van der Waals surface area contributed by atoms with E-state index in [2.05, 4.69) is 31.2 Å². The summed E-state index contributed by atoms with van der Waals surface area (Å²) < 4.78 is 12.9. The summed E-state index contributed by atoms with van der Waals surface area (Å²) in [6.45, 7) is 9.14.